The predicted molar refractivity (Wildman–Crippen MR) is 92.5 cm³/mol. The van der Waals surface area contributed by atoms with Crippen molar-refractivity contribution in [3.63, 3.8) is 0 Å². The summed E-state index contributed by atoms with van der Waals surface area (Å²) in [6.45, 7) is 4.09. The number of nitrogens with zero attached hydrogens (tertiary/aromatic N) is 2. The quantitative estimate of drug-likeness (QED) is 0.592. The largest absolute Gasteiger partial charge is 0.376 e. The molecule has 2 rings (SSSR count). The molecule has 132 valence electrons. The first-order valence-corrected chi connectivity index (χ1v) is 8.91. The van der Waals surface area contributed by atoms with Gasteiger partial charge in [0.05, 0.1) is 6.10 Å². The molecule has 1 heterocycles. The fraction of sp³-hybridized carbons (Fsp3) is 0.882. The molecule has 3 atom stereocenters. The van der Waals surface area contributed by atoms with Crippen molar-refractivity contribution < 1.29 is 9.53 Å². The van der Waals surface area contributed by atoms with Crippen molar-refractivity contribution in [3.05, 3.63) is 0 Å². The van der Waals surface area contributed by atoms with E-state index >= 15 is 0 Å². The lowest BCUT2D eigenvalue weighted by Gasteiger charge is -2.29. The number of likely N-dealkylation sites (N-methyl/N-ethyl adjacent to an activating group) is 1. The second-order valence-electron chi connectivity index (χ2n) is 7.08. The van der Waals surface area contributed by atoms with E-state index < -0.39 is 0 Å². The van der Waals surface area contributed by atoms with E-state index in [0.29, 0.717) is 6.04 Å². The molecule has 1 amide bonds. The fourth-order valence-corrected chi connectivity index (χ4v) is 3.22. The highest BCUT2D eigenvalue weighted by atomic mass is 16.5. The Morgan fingerprint density at radius 2 is 2.09 bits per heavy atom. The highest BCUT2D eigenvalue weighted by molar-refractivity contribution is 5.84. The Bertz CT molecular complexity index is 405. The number of carbonyl (C=O) groups is 1. The molecule has 1 saturated carbocycles. The second-order valence-corrected chi connectivity index (χ2v) is 7.08. The standard InChI is InChI=1S/C17H32N4O2/c1-13-6-4-7-14(10-13)20-17(19-12-16(22)21(2)3)18-11-15-8-5-9-23-15/h13-15H,4-12H2,1-3H3,(H2,18,19,20). The number of ether oxygens (including phenoxy) is 1. The summed E-state index contributed by atoms with van der Waals surface area (Å²) in [6.07, 6.45) is 7.40. The molecule has 1 aliphatic carbocycles. The minimum absolute atomic E-state index is 0.0141. The van der Waals surface area contributed by atoms with Crippen LogP contribution in [0.2, 0.25) is 0 Å². The summed E-state index contributed by atoms with van der Waals surface area (Å²) in [4.78, 5) is 17.8. The number of carbonyl (C=O) groups excluding carboxylic acids is 1. The summed E-state index contributed by atoms with van der Waals surface area (Å²) in [7, 11) is 3.52. The summed E-state index contributed by atoms with van der Waals surface area (Å²) in [5.74, 6) is 1.51. The molecule has 2 fully saturated rings. The monoisotopic (exact) mass is 324 g/mol. The Morgan fingerprint density at radius 3 is 2.74 bits per heavy atom. The van der Waals surface area contributed by atoms with Crippen LogP contribution in [0.5, 0.6) is 0 Å². The van der Waals surface area contributed by atoms with Gasteiger partial charge in [-0.25, -0.2) is 4.99 Å². The zero-order valence-corrected chi connectivity index (χ0v) is 14.8. The topological polar surface area (TPSA) is 66.0 Å². The molecule has 1 aliphatic heterocycles. The maximum absolute atomic E-state index is 11.8. The van der Waals surface area contributed by atoms with E-state index in [1.165, 1.54) is 25.7 Å². The van der Waals surface area contributed by atoms with Crippen molar-refractivity contribution in [1.29, 1.82) is 0 Å². The normalized spacial score (nSPS) is 28.5. The van der Waals surface area contributed by atoms with Crippen LogP contribution in [-0.4, -0.2) is 62.7 Å². The third-order valence-electron chi connectivity index (χ3n) is 4.67. The number of guanidine groups is 1. The van der Waals surface area contributed by atoms with Gasteiger partial charge in [0.15, 0.2) is 5.96 Å². The van der Waals surface area contributed by atoms with Crippen molar-refractivity contribution in [2.24, 2.45) is 10.9 Å². The Hall–Kier alpha value is -1.30. The molecule has 0 bridgehead atoms. The van der Waals surface area contributed by atoms with Gasteiger partial charge >= 0.3 is 0 Å². The maximum Gasteiger partial charge on any atom is 0.243 e. The number of amides is 1. The molecule has 2 N–H and O–H groups in total. The zero-order valence-electron chi connectivity index (χ0n) is 14.8. The minimum atomic E-state index is 0.0141. The number of hydrogen-bond donors (Lipinski definition) is 2. The number of hydrogen-bond acceptors (Lipinski definition) is 3. The molecule has 0 aromatic carbocycles. The van der Waals surface area contributed by atoms with Crippen LogP contribution < -0.4 is 10.6 Å². The lowest BCUT2D eigenvalue weighted by atomic mass is 9.87. The van der Waals surface area contributed by atoms with Crippen LogP contribution in [0.15, 0.2) is 4.99 Å². The number of aliphatic imine (C=N–C) groups is 1. The molecule has 0 aromatic rings. The van der Waals surface area contributed by atoms with Gasteiger partial charge in [0, 0.05) is 33.3 Å². The molecular weight excluding hydrogens is 292 g/mol. The third kappa shape index (κ3) is 6.37. The van der Waals surface area contributed by atoms with Gasteiger partial charge < -0.3 is 20.3 Å². The molecular formula is C17H32N4O2. The Morgan fingerprint density at radius 1 is 1.26 bits per heavy atom. The van der Waals surface area contributed by atoms with Gasteiger partial charge in [-0.2, -0.15) is 0 Å². The highest BCUT2D eigenvalue weighted by Crippen LogP contribution is 2.23. The smallest absolute Gasteiger partial charge is 0.243 e. The maximum atomic E-state index is 11.8. The molecule has 6 heteroatoms. The predicted octanol–water partition coefficient (Wildman–Crippen LogP) is 1.37. The molecule has 0 aromatic heterocycles. The van der Waals surface area contributed by atoms with Gasteiger partial charge in [0.1, 0.15) is 6.54 Å². The van der Waals surface area contributed by atoms with Crippen LogP contribution in [-0.2, 0) is 9.53 Å². The average Bonchev–Trinajstić information content (AvgIpc) is 3.03. The first kappa shape index (κ1) is 18.0. The number of nitrogens with one attached hydrogen (secondary N) is 2. The third-order valence-corrected chi connectivity index (χ3v) is 4.67. The Labute approximate surface area is 140 Å². The Balaban J connectivity index is 1.88. The van der Waals surface area contributed by atoms with Crippen molar-refractivity contribution >= 4 is 11.9 Å². The van der Waals surface area contributed by atoms with E-state index in [-0.39, 0.29) is 18.6 Å². The summed E-state index contributed by atoms with van der Waals surface area (Å²) in [6, 6.07) is 0.448. The van der Waals surface area contributed by atoms with Crippen LogP contribution in [0.4, 0.5) is 0 Å². The van der Waals surface area contributed by atoms with E-state index in [4.69, 9.17) is 4.74 Å². The fourth-order valence-electron chi connectivity index (χ4n) is 3.22. The van der Waals surface area contributed by atoms with Crippen LogP contribution in [0.1, 0.15) is 45.4 Å². The molecule has 6 nitrogen and oxygen atoms in total. The van der Waals surface area contributed by atoms with Gasteiger partial charge in [-0.05, 0) is 31.6 Å². The van der Waals surface area contributed by atoms with E-state index in [0.717, 1.165) is 37.9 Å². The van der Waals surface area contributed by atoms with Crippen LogP contribution >= 0.6 is 0 Å². The van der Waals surface area contributed by atoms with E-state index in [1.807, 2.05) is 0 Å². The molecule has 23 heavy (non-hydrogen) atoms. The van der Waals surface area contributed by atoms with Crippen LogP contribution in [0.3, 0.4) is 0 Å². The van der Waals surface area contributed by atoms with E-state index in [1.54, 1.807) is 19.0 Å². The molecule has 0 spiro atoms. The summed E-state index contributed by atoms with van der Waals surface area (Å²) < 4.78 is 5.65. The molecule has 0 radical (unpaired) electrons. The van der Waals surface area contributed by atoms with Gasteiger partial charge in [-0.1, -0.05) is 19.8 Å². The first-order valence-electron chi connectivity index (χ1n) is 8.91. The average molecular weight is 324 g/mol. The summed E-state index contributed by atoms with van der Waals surface area (Å²) in [5.41, 5.74) is 0. The molecule has 3 unspecified atom stereocenters. The lowest BCUT2D eigenvalue weighted by Crippen LogP contribution is -2.47. The zero-order chi connectivity index (χ0) is 16.7. The summed E-state index contributed by atoms with van der Waals surface area (Å²) >= 11 is 0. The molecule has 1 saturated heterocycles. The van der Waals surface area contributed by atoms with Crippen molar-refractivity contribution in [1.82, 2.24) is 15.5 Å². The van der Waals surface area contributed by atoms with Crippen molar-refractivity contribution in [2.75, 3.05) is 33.8 Å². The van der Waals surface area contributed by atoms with E-state index in [2.05, 4.69) is 22.5 Å². The molecule has 2 aliphatic rings. The van der Waals surface area contributed by atoms with Gasteiger partial charge in [0.2, 0.25) is 5.91 Å². The minimum Gasteiger partial charge on any atom is -0.376 e. The van der Waals surface area contributed by atoms with Gasteiger partial charge in [-0.15, -0.1) is 0 Å². The summed E-state index contributed by atoms with van der Waals surface area (Å²) in [5, 5.41) is 6.88. The van der Waals surface area contributed by atoms with E-state index in [9.17, 15) is 4.79 Å². The van der Waals surface area contributed by atoms with Crippen LogP contribution in [0.25, 0.3) is 0 Å². The van der Waals surface area contributed by atoms with Crippen molar-refractivity contribution in [3.8, 4) is 0 Å². The number of rotatable bonds is 5. The van der Waals surface area contributed by atoms with Crippen LogP contribution in [0, 0.1) is 5.92 Å². The SMILES string of the molecule is CC1CCCC(NC(=NCC(=O)N(C)C)NCC2CCCO2)C1. The van der Waals surface area contributed by atoms with Gasteiger partial charge in [-0.3, -0.25) is 4.79 Å². The first-order chi connectivity index (χ1) is 11.0. The second kappa shape index (κ2) is 9.11. The lowest BCUT2D eigenvalue weighted by molar-refractivity contribution is -0.127. The van der Waals surface area contributed by atoms with Crippen molar-refractivity contribution in [2.45, 2.75) is 57.6 Å². The van der Waals surface area contributed by atoms with Gasteiger partial charge in [0.25, 0.3) is 0 Å². The highest BCUT2D eigenvalue weighted by Gasteiger charge is 2.21. The Kier molecular flexibility index (Phi) is 7.15.